The third kappa shape index (κ3) is 4.58. The number of hydrogen-bond acceptors (Lipinski definition) is 3. The van der Waals surface area contributed by atoms with E-state index in [1.807, 2.05) is 18.2 Å². The highest BCUT2D eigenvalue weighted by Gasteiger charge is 2.21. The molecule has 2 aromatic rings. The number of benzene rings is 1. The minimum absolute atomic E-state index is 0.149. The second-order valence-corrected chi connectivity index (χ2v) is 6.11. The van der Waals surface area contributed by atoms with Crippen molar-refractivity contribution in [1.29, 1.82) is 0 Å². The molecule has 0 aliphatic heterocycles. The number of carbonyl (C=O) groups excluding carboxylic acids is 1. The van der Waals surface area contributed by atoms with Gasteiger partial charge in [0.2, 0.25) is 0 Å². The summed E-state index contributed by atoms with van der Waals surface area (Å²) in [7, 11) is 0. The number of rotatable bonds is 5. The zero-order valence-corrected chi connectivity index (χ0v) is 13.0. The largest absolute Gasteiger partial charge is 0.448 e. The fraction of sp³-hybridized carbons (Fsp3) is 0.333. The van der Waals surface area contributed by atoms with Crippen molar-refractivity contribution in [3.8, 4) is 0 Å². The molecule has 22 heavy (non-hydrogen) atoms. The number of nitrogens with zero attached hydrogens (tertiary/aromatic N) is 1. The van der Waals surface area contributed by atoms with Gasteiger partial charge in [-0.3, -0.25) is 4.79 Å². The smallest absolute Gasteiger partial charge is 0.420 e. The van der Waals surface area contributed by atoms with Gasteiger partial charge < -0.3 is 4.74 Å². The molecular formula is C18H21NO3. The van der Waals surface area contributed by atoms with E-state index >= 15 is 0 Å². The molecule has 0 unspecified atom stereocenters. The summed E-state index contributed by atoms with van der Waals surface area (Å²) in [5.41, 5.74) is 0.736. The van der Waals surface area contributed by atoms with Crippen molar-refractivity contribution in [3.05, 3.63) is 70.6 Å². The fourth-order valence-corrected chi connectivity index (χ4v) is 2.10. The van der Waals surface area contributed by atoms with Gasteiger partial charge in [0, 0.05) is 12.3 Å². The molecular weight excluding hydrogens is 278 g/mol. The summed E-state index contributed by atoms with van der Waals surface area (Å²) in [4.78, 5) is 23.5. The molecule has 4 nitrogen and oxygen atoms in total. The normalized spacial score (nSPS) is 11.2. The highest BCUT2D eigenvalue weighted by atomic mass is 16.6. The van der Waals surface area contributed by atoms with Crippen LogP contribution in [0.4, 0.5) is 4.79 Å². The lowest BCUT2D eigenvalue weighted by molar-refractivity contribution is 0.0950. The Balaban J connectivity index is 1.88. The molecule has 1 aromatic heterocycles. The molecule has 0 fully saturated rings. The molecule has 1 aromatic carbocycles. The maximum absolute atomic E-state index is 11.9. The first-order chi connectivity index (χ1) is 10.5. The average Bonchev–Trinajstić information content (AvgIpc) is 2.52. The first-order valence-corrected chi connectivity index (χ1v) is 7.37. The van der Waals surface area contributed by atoms with Gasteiger partial charge >= 0.3 is 6.09 Å². The zero-order valence-electron chi connectivity index (χ0n) is 13.0. The summed E-state index contributed by atoms with van der Waals surface area (Å²) >= 11 is 0. The van der Waals surface area contributed by atoms with Crippen LogP contribution in [0.15, 0.2) is 59.5 Å². The van der Waals surface area contributed by atoms with Crippen molar-refractivity contribution < 1.29 is 9.53 Å². The van der Waals surface area contributed by atoms with Crippen molar-refractivity contribution >= 4 is 6.09 Å². The standard InChI is InChI=1S/C18H21NO3/c1-18(2,12-11-15-8-4-3-5-9-15)14-22-17(21)19-13-7-6-10-16(19)20/h3-10,13H,11-12,14H2,1-2H3. The maximum atomic E-state index is 11.9. The van der Waals surface area contributed by atoms with Crippen molar-refractivity contribution in [3.63, 3.8) is 0 Å². The van der Waals surface area contributed by atoms with E-state index in [1.54, 1.807) is 12.1 Å². The molecule has 0 spiro atoms. The summed E-state index contributed by atoms with van der Waals surface area (Å²) in [6, 6.07) is 14.8. The Hall–Kier alpha value is -2.36. The van der Waals surface area contributed by atoms with Gasteiger partial charge in [-0.25, -0.2) is 9.36 Å². The molecule has 0 saturated heterocycles. The van der Waals surface area contributed by atoms with Gasteiger partial charge in [-0.2, -0.15) is 0 Å². The van der Waals surface area contributed by atoms with Gasteiger partial charge in [0.25, 0.3) is 5.56 Å². The lowest BCUT2D eigenvalue weighted by atomic mass is 9.87. The predicted octanol–water partition coefficient (Wildman–Crippen LogP) is 3.49. The maximum Gasteiger partial charge on any atom is 0.420 e. The quantitative estimate of drug-likeness (QED) is 0.849. The van der Waals surface area contributed by atoms with E-state index in [2.05, 4.69) is 26.0 Å². The summed E-state index contributed by atoms with van der Waals surface area (Å²) in [6.07, 6.45) is 2.62. The summed E-state index contributed by atoms with van der Waals surface area (Å²) < 4.78 is 6.27. The summed E-state index contributed by atoms with van der Waals surface area (Å²) in [5, 5.41) is 0. The van der Waals surface area contributed by atoms with E-state index < -0.39 is 6.09 Å². The number of pyridine rings is 1. The molecule has 0 aliphatic rings. The molecule has 0 aliphatic carbocycles. The van der Waals surface area contributed by atoms with Crippen LogP contribution in [0.5, 0.6) is 0 Å². The van der Waals surface area contributed by atoms with Crippen LogP contribution < -0.4 is 5.56 Å². The van der Waals surface area contributed by atoms with Gasteiger partial charge in [0.15, 0.2) is 0 Å². The number of aryl methyl sites for hydroxylation is 1. The van der Waals surface area contributed by atoms with Crippen molar-refractivity contribution in [2.45, 2.75) is 26.7 Å². The third-order valence-corrected chi connectivity index (χ3v) is 3.54. The van der Waals surface area contributed by atoms with Crippen LogP contribution >= 0.6 is 0 Å². The number of hydrogen-bond donors (Lipinski definition) is 0. The Labute approximate surface area is 130 Å². The number of ether oxygens (including phenoxy) is 1. The van der Waals surface area contributed by atoms with Crippen LogP contribution in [0, 0.1) is 5.41 Å². The highest BCUT2D eigenvalue weighted by Crippen LogP contribution is 2.23. The molecule has 116 valence electrons. The molecule has 1 heterocycles. The summed E-state index contributed by atoms with van der Waals surface area (Å²) in [6.45, 7) is 4.38. The molecule has 0 saturated carbocycles. The second kappa shape index (κ2) is 7.07. The SMILES string of the molecule is CC(C)(CCc1ccccc1)COC(=O)n1ccccc1=O. The molecule has 0 bridgehead atoms. The first-order valence-electron chi connectivity index (χ1n) is 7.37. The lowest BCUT2D eigenvalue weighted by Gasteiger charge is -2.24. The first kappa shape index (κ1) is 16.0. The predicted molar refractivity (Wildman–Crippen MR) is 86.0 cm³/mol. The van der Waals surface area contributed by atoms with E-state index in [9.17, 15) is 9.59 Å². The monoisotopic (exact) mass is 299 g/mol. The zero-order chi connectivity index (χ0) is 16.0. The van der Waals surface area contributed by atoms with Crippen LogP contribution in [0.1, 0.15) is 25.8 Å². The van der Waals surface area contributed by atoms with Crippen molar-refractivity contribution in [2.75, 3.05) is 6.61 Å². The van der Waals surface area contributed by atoms with Gasteiger partial charge in [0.1, 0.15) is 0 Å². The van der Waals surface area contributed by atoms with E-state index in [4.69, 9.17) is 4.74 Å². The Morgan fingerprint density at radius 2 is 1.77 bits per heavy atom. The second-order valence-electron chi connectivity index (χ2n) is 6.11. The molecule has 4 heteroatoms. The minimum atomic E-state index is -0.626. The van der Waals surface area contributed by atoms with E-state index in [-0.39, 0.29) is 17.6 Å². The molecule has 0 radical (unpaired) electrons. The topological polar surface area (TPSA) is 48.3 Å². The fourth-order valence-electron chi connectivity index (χ4n) is 2.10. The molecule has 0 N–H and O–H groups in total. The van der Waals surface area contributed by atoms with E-state index in [0.29, 0.717) is 0 Å². The highest BCUT2D eigenvalue weighted by molar-refractivity contribution is 5.70. The Morgan fingerprint density at radius 1 is 1.09 bits per heavy atom. The molecule has 0 amide bonds. The van der Waals surface area contributed by atoms with Gasteiger partial charge in [0.05, 0.1) is 6.61 Å². The third-order valence-electron chi connectivity index (χ3n) is 3.54. The van der Waals surface area contributed by atoms with Crippen LogP contribution in [0.2, 0.25) is 0 Å². The van der Waals surface area contributed by atoms with Gasteiger partial charge in [-0.1, -0.05) is 50.2 Å². The van der Waals surface area contributed by atoms with Crippen LogP contribution in [-0.4, -0.2) is 17.3 Å². The van der Waals surface area contributed by atoms with Crippen molar-refractivity contribution in [1.82, 2.24) is 4.57 Å². The minimum Gasteiger partial charge on any atom is -0.448 e. The number of carbonyl (C=O) groups is 1. The average molecular weight is 299 g/mol. The molecule has 2 rings (SSSR count). The Bertz CT molecular complexity index is 674. The van der Waals surface area contributed by atoms with Gasteiger partial charge in [-0.05, 0) is 29.9 Å². The molecule has 0 atom stereocenters. The van der Waals surface area contributed by atoms with Crippen molar-refractivity contribution in [2.24, 2.45) is 5.41 Å². The van der Waals surface area contributed by atoms with Crippen LogP contribution in [0.3, 0.4) is 0 Å². The van der Waals surface area contributed by atoms with E-state index in [1.165, 1.54) is 17.8 Å². The summed E-state index contributed by atoms with van der Waals surface area (Å²) in [5.74, 6) is 0. The van der Waals surface area contributed by atoms with Crippen LogP contribution in [-0.2, 0) is 11.2 Å². The lowest BCUT2D eigenvalue weighted by Crippen LogP contribution is -2.30. The number of aromatic nitrogens is 1. The van der Waals surface area contributed by atoms with Crippen LogP contribution in [0.25, 0.3) is 0 Å². The van der Waals surface area contributed by atoms with E-state index in [0.717, 1.165) is 17.4 Å². The Kier molecular flexibility index (Phi) is 5.15. The van der Waals surface area contributed by atoms with Gasteiger partial charge in [-0.15, -0.1) is 0 Å². The Morgan fingerprint density at radius 3 is 2.45 bits per heavy atom.